The topological polar surface area (TPSA) is 55.0 Å². The van der Waals surface area contributed by atoms with Gasteiger partial charge in [-0.1, -0.05) is 12.1 Å². The molecule has 0 aliphatic carbocycles. The highest BCUT2D eigenvalue weighted by atomic mass is 15.2. The largest absolute Gasteiger partial charge is 0.352 e. The van der Waals surface area contributed by atoms with E-state index in [1.807, 2.05) is 24.3 Å². The Kier molecular flexibility index (Phi) is 3.83. The Labute approximate surface area is 120 Å². The van der Waals surface area contributed by atoms with Gasteiger partial charge in [-0.2, -0.15) is 0 Å². The van der Waals surface area contributed by atoms with Crippen LogP contribution in [0.1, 0.15) is 31.4 Å². The first-order valence-corrected chi connectivity index (χ1v) is 7.49. The number of aromatic nitrogens is 2. The number of hydrogen-bond acceptors (Lipinski definition) is 4. The zero-order valence-electron chi connectivity index (χ0n) is 12.0. The Balaban J connectivity index is 2.00. The fraction of sp³-hybridized carbons (Fsp3) is 0.500. The average Bonchev–Trinajstić information content (AvgIpc) is 2.48. The van der Waals surface area contributed by atoms with E-state index in [-0.39, 0.29) is 0 Å². The van der Waals surface area contributed by atoms with Crippen LogP contribution < -0.4 is 10.6 Å². The fourth-order valence-corrected chi connectivity index (χ4v) is 3.12. The summed E-state index contributed by atoms with van der Waals surface area (Å²) < 4.78 is 0. The van der Waals surface area contributed by atoms with Crippen LogP contribution in [0.5, 0.6) is 0 Å². The van der Waals surface area contributed by atoms with Crippen LogP contribution in [0.2, 0.25) is 0 Å². The summed E-state index contributed by atoms with van der Waals surface area (Å²) in [6.45, 7) is 3.86. The number of benzene rings is 1. The Hall–Kier alpha value is -1.68. The van der Waals surface area contributed by atoms with Crippen LogP contribution in [0, 0.1) is 6.92 Å². The van der Waals surface area contributed by atoms with Crippen LogP contribution in [-0.2, 0) is 0 Å². The third kappa shape index (κ3) is 2.48. The molecule has 1 aromatic heterocycles. The summed E-state index contributed by atoms with van der Waals surface area (Å²) in [4.78, 5) is 12.0. The Morgan fingerprint density at radius 3 is 2.70 bits per heavy atom. The second-order valence-electron chi connectivity index (χ2n) is 5.54. The minimum atomic E-state index is 0.517. The number of hydrogen-bond donors (Lipinski definition) is 1. The summed E-state index contributed by atoms with van der Waals surface area (Å²) in [5, 5.41) is 0. The fourth-order valence-electron chi connectivity index (χ4n) is 3.12. The minimum absolute atomic E-state index is 0.517. The number of aryl methyl sites for hydroxylation is 1. The van der Waals surface area contributed by atoms with Gasteiger partial charge < -0.3 is 10.6 Å². The van der Waals surface area contributed by atoms with Gasteiger partial charge in [0.05, 0.1) is 16.7 Å². The smallest absolute Gasteiger partial charge is 0.151 e. The molecule has 1 aliphatic heterocycles. The van der Waals surface area contributed by atoms with Gasteiger partial charge in [-0.05, 0) is 51.3 Å². The number of anilines is 1. The highest BCUT2D eigenvalue weighted by Gasteiger charge is 2.24. The zero-order valence-corrected chi connectivity index (χ0v) is 12.0. The molecule has 0 radical (unpaired) electrons. The molecule has 106 valence electrons. The number of fused-ring (bicyclic) bond motifs is 1. The molecule has 1 atom stereocenters. The molecule has 0 spiro atoms. The van der Waals surface area contributed by atoms with E-state index in [9.17, 15) is 0 Å². The van der Waals surface area contributed by atoms with Gasteiger partial charge in [-0.15, -0.1) is 0 Å². The highest BCUT2D eigenvalue weighted by molar-refractivity contribution is 5.76. The van der Waals surface area contributed by atoms with E-state index in [1.54, 1.807) is 0 Å². The number of piperidine rings is 1. The van der Waals surface area contributed by atoms with Crippen molar-refractivity contribution in [2.75, 3.05) is 18.0 Å². The molecular weight excluding hydrogens is 248 g/mol. The lowest BCUT2D eigenvalue weighted by molar-refractivity contribution is 0.438. The van der Waals surface area contributed by atoms with Gasteiger partial charge in [0.1, 0.15) is 0 Å². The molecule has 1 aromatic carbocycles. The maximum absolute atomic E-state index is 5.77. The number of para-hydroxylation sites is 2. The van der Waals surface area contributed by atoms with Crippen LogP contribution in [0.4, 0.5) is 5.82 Å². The molecule has 0 bridgehead atoms. The molecule has 3 rings (SSSR count). The Morgan fingerprint density at radius 2 is 1.95 bits per heavy atom. The van der Waals surface area contributed by atoms with Crippen molar-refractivity contribution in [2.24, 2.45) is 5.73 Å². The van der Waals surface area contributed by atoms with Crippen molar-refractivity contribution < 1.29 is 0 Å². The van der Waals surface area contributed by atoms with E-state index in [1.165, 1.54) is 19.3 Å². The van der Waals surface area contributed by atoms with Gasteiger partial charge in [-0.25, -0.2) is 9.97 Å². The molecule has 1 fully saturated rings. The van der Waals surface area contributed by atoms with Crippen LogP contribution in [0.15, 0.2) is 24.3 Å². The molecular formula is C16H22N4. The van der Waals surface area contributed by atoms with E-state index >= 15 is 0 Å². The summed E-state index contributed by atoms with van der Waals surface area (Å²) in [7, 11) is 0. The van der Waals surface area contributed by atoms with E-state index in [0.29, 0.717) is 6.04 Å². The molecule has 2 N–H and O–H groups in total. The van der Waals surface area contributed by atoms with Gasteiger partial charge >= 0.3 is 0 Å². The number of nitrogens with zero attached hydrogens (tertiary/aromatic N) is 3. The van der Waals surface area contributed by atoms with Gasteiger partial charge in [0.15, 0.2) is 5.82 Å². The second kappa shape index (κ2) is 5.75. The lowest BCUT2D eigenvalue weighted by atomic mass is 9.99. The molecule has 1 unspecified atom stereocenters. The highest BCUT2D eigenvalue weighted by Crippen LogP contribution is 2.28. The molecule has 1 aliphatic rings. The van der Waals surface area contributed by atoms with Crippen molar-refractivity contribution in [3.63, 3.8) is 0 Å². The van der Waals surface area contributed by atoms with Crippen molar-refractivity contribution in [3.8, 4) is 0 Å². The number of rotatable bonds is 3. The monoisotopic (exact) mass is 270 g/mol. The lowest BCUT2D eigenvalue weighted by Gasteiger charge is -2.37. The van der Waals surface area contributed by atoms with Crippen LogP contribution in [0.3, 0.4) is 0 Å². The molecule has 0 saturated carbocycles. The molecule has 4 nitrogen and oxygen atoms in total. The Bertz CT molecular complexity index is 594. The third-order valence-corrected chi connectivity index (χ3v) is 4.12. The maximum atomic E-state index is 5.77. The van der Waals surface area contributed by atoms with Crippen molar-refractivity contribution in [3.05, 3.63) is 30.0 Å². The van der Waals surface area contributed by atoms with Gasteiger partial charge in [0.25, 0.3) is 0 Å². The molecule has 4 heteroatoms. The van der Waals surface area contributed by atoms with Gasteiger partial charge in [0.2, 0.25) is 0 Å². The van der Waals surface area contributed by atoms with Gasteiger partial charge in [0, 0.05) is 12.6 Å². The van der Waals surface area contributed by atoms with Crippen molar-refractivity contribution in [1.29, 1.82) is 0 Å². The standard InChI is InChI=1S/C16H22N4/c1-12-16(19-15-8-3-2-7-14(15)18-12)20-11-5-4-6-13(20)9-10-17/h2-3,7-8,13H,4-6,9-11,17H2,1H3. The molecule has 2 heterocycles. The summed E-state index contributed by atoms with van der Waals surface area (Å²) in [5.74, 6) is 1.04. The Morgan fingerprint density at radius 1 is 1.20 bits per heavy atom. The van der Waals surface area contributed by atoms with Crippen LogP contribution in [0.25, 0.3) is 11.0 Å². The molecule has 1 saturated heterocycles. The normalized spacial score (nSPS) is 19.5. The predicted octanol–water partition coefficient (Wildman–Crippen LogP) is 2.65. The summed E-state index contributed by atoms with van der Waals surface area (Å²) in [5.41, 5.74) is 8.74. The minimum Gasteiger partial charge on any atom is -0.352 e. The van der Waals surface area contributed by atoms with E-state index in [0.717, 1.165) is 42.1 Å². The van der Waals surface area contributed by atoms with E-state index in [4.69, 9.17) is 15.7 Å². The second-order valence-corrected chi connectivity index (χ2v) is 5.54. The third-order valence-electron chi connectivity index (χ3n) is 4.12. The number of nitrogens with two attached hydrogens (primary N) is 1. The summed E-state index contributed by atoms with van der Waals surface area (Å²) >= 11 is 0. The molecule has 2 aromatic rings. The van der Waals surface area contributed by atoms with Crippen LogP contribution in [-0.4, -0.2) is 29.1 Å². The molecule has 0 amide bonds. The summed E-state index contributed by atoms with van der Waals surface area (Å²) in [6, 6.07) is 8.60. The van der Waals surface area contributed by atoms with Crippen molar-refractivity contribution >= 4 is 16.9 Å². The first kappa shape index (κ1) is 13.3. The van der Waals surface area contributed by atoms with Crippen LogP contribution >= 0.6 is 0 Å². The predicted molar refractivity (Wildman–Crippen MR) is 82.9 cm³/mol. The summed E-state index contributed by atoms with van der Waals surface area (Å²) in [6.07, 6.45) is 4.77. The van der Waals surface area contributed by atoms with E-state index in [2.05, 4.69) is 11.8 Å². The first-order valence-electron chi connectivity index (χ1n) is 7.49. The van der Waals surface area contributed by atoms with Crippen molar-refractivity contribution in [2.45, 2.75) is 38.6 Å². The van der Waals surface area contributed by atoms with E-state index < -0.39 is 0 Å². The molecule has 20 heavy (non-hydrogen) atoms. The quantitative estimate of drug-likeness (QED) is 0.931. The average molecular weight is 270 g/mol. The first-order chi connectivity index (χ1) is 9.79. The SMILES string of the molecule is Cc1nc2ccccc2nc1N1CCCCC1CCN. The zero-order chi connectivity index (χ0) is 13.9. The van der Waals surface area contributed by atoms with Gasteiger partial charge in [-0.3, -0.25) is 0 Å². The maximum Gasteiger partial charge on any atom is 0.151 e. The lowest BCUT2D eigenvalue weighted by Crippen LogP contribution is -2.41. The van der Waals surface area contributed by atoms with Crippen molar-refractivity contribution in [1.82, 2.24) is 9.97 Å².